The lowest BCUT2D eigenvalue weighted by molar-refractivity contribution is 0.601. The van der Waals surface area contributed by atoms with Crippen molar-refractivity contribution < 1.29 is 8.42 Å². The fraction of sp³-hybridized carbons (Fsp3) is 0.143. The topological polar surface area (TPSA) is 72.2 Å². The summed E-state index contributed by atoms with van der Waals surface area (Å²) in [5.74, 6) is 0. The van der Waals surface area contributed by atoms with Gasteiger partial charge in [-0.15, -0.1) is 0 Å². The zero-order valence-electron chi connectivity index (χ0n) is 11.4. The van der Waals surface area contributed by atoms with Gasteiger partial charge in [-0.2, -0.15) is 0 Å². The normalized spacial score (nSPS) is 11.4. The molecule has 0 aromatic heterocycles. The van der Waals surface area contributed by atoms with Crippen molar-refractivity contribution in [2.45, 2.75) is 18.7 Å². The van der Waals surface area contributed by atoms with Gasteiger partial charge in [0.2, 0.25) is 0 Å². The Bertz CT molecular complexity index is 782. The van der Waals surface area contributed by atoms with Gasteiger partial charge >= 0.3 is 0 Å². The van der Waals surface area contributed by atoms with Crippen LogP contribution in [0.25, 0.3) is 0 Å². The molecule has 0 bridgehead atoms. The molecular weight excluding hydrogens is 331 g/mol. The highest BCUT2D eigenvalue weighted by atomic mass is 35.5. The molecule has 0 atom stereocenters. The number of rotatable bonds is 3. The Morgan fingerprint density at radius 1 is 1.05 bits per heavy atom. The lowest BCUT2D eigenvalue weighted by Crippen LogP contribution is -2.14. The van der Waals surface area contributed by atoms with Gasteiger partial charge in [0.15, 0.2) is 0 Å². The highest BCUT2D eigenvalue weighted by molar-refractivity contribution is 7.92. The fourth-order valence-corrected chi connectivity index (χ4v) is 3.39. The monoisotopic (exact) mass is 344 g/mol. The van der Waals surface area contributed by atoms with Crippen LogP contribution >= 0.6 is 23.2 Å². The average Bonchev–Trinajstić information content (AvgIpc) is 2.39. The first kappa shape index (κ1) is 15.9. The van der Waals surface area contributed by atoms with Gasteiger partial charge in [0, 0.05) is 10.7 Å². The Labute approximate surface area is 133 Å². The lowest BCUT2D eigenvalue weighted by atomic mass is 10.2. The van der Waals surface area contributed by atoms with Gasteiger partial charge in [-0.05, 0) is 49.2 Å². The van der Waals surface area contributed by atoms with Crippen molar-refractivity contribution in [1.29, 1.82) is 0 Å². The summed E-state index contributed by atoms with van der Waals surface area (Å²) in [6.45, 7) is 3.56. The van der Waals surface area contributed by atoms with Crippen LogP contribution < -0.4 is 10.5 Å². The van der Waals surface area contributed by atoms with Crippen LogP contribution in [-0.4, -0.2) is 8.42 Å². The van der Waals surface area contributed by atoms with E-state index in [1.165, 1.54) is 12.1 Å². The van der Waals surface area contributed by atoms with Crippen LogP contribution in [-0.2, 0) is 10.0 Å². The first-order chi connectivity index (χ1) is 9.70. The van der Waals surface area contributed by atoms with Crippen molar-refractivity contribution in [3.05, 3.63) is 51.5 Å². The van der Waals surface area contributed by atoms with Gasteiger partial charge < -0.3 is 5.73 Å². The van der Waals surface area contributed by atoms with E-state index in [9.17, 15) is 8.42 Å². The van der Waals surface area contributed by atoms with E-state index in [0.29, 0.717) is 27.0 Å². The predicted molar refractivity (Wildman–Crippen MR) is 87.6 cm³/mol. The maximum Gasteiger partial charge on any atom is 0.262 e. The third-order valence-electron chi connectivity index (χ3n) is 3.03. The van der Waals surface area contributed by atoms with E-state index in [-0.39, 0.29) is 4.90 Å². The van der Waals surface area contributed by atoms with Gasteiger partial charge in [0.05, 0.1) is 15.6 Å². The molecule has 0 saturated heterocycles. The smallest absolute Gasteiger partial charge is 0.262 e. The third-order valence-corrected chi connectivity index (χ3v) is 5.10. The highest BCUT2D eigenvalue weighted by Gasteiger charge is 2.18. The van der Waals surface area contributed by atoms with Crippen LogP contribution in [0.2, 0.25) is 10.0 Å². The molecule has 3 N–H and O–H groups in total. The second-order valence-electron chi connectivity index (χ2n) is 4.71. The number of sulfonamides is 1. The summed E-state index contributed by atoms with van der Waals surface area (Å²) in [5, 5.41) is 0.612. The molecule has 0 saturated carbocycles. The summed E-state index contributed by atoms with van der Waals surface area (Å²) in [4.78, 5) is -0.00632. The minimum absolute atomic E-state index is 0.00632. The van der Waals surface area contributed by atoms with Gasteiger partial charge in [0.1, 0.15) is 0 Å². The van der Waals surface area contributed by atoms with Crippen molar-refractivity contribution in [1.82, 2.24) is 0 Å². The largest absolute Gasteiger partial charge is 0.398 e. The predicted octanol–water partition coefficient (Wildman–Crippen LogP) is 3.99. The van der Waals surface area contributed by atoms with Crippen molar-refractivity contribution >= 4 is 44.6 Å². The maximum atomic E-state index is 12.4. The zero-order valence-corrected chi connectivity index (χ0v) is 13.8. The zero-order chi connectivity index (χ0) is 15.8. The van der Waals surface area contributed by atoms with E-state index in [4.69, 9.17) is 28.9 Å². The molecule has 0 aliphatic carbocycles. The number of aryl methyl sites for hydroxylation is 1. The Balaban J connectivity index is 2.46. The Morgan fingerprint density at radius 2 is 1.71 bits per heavy atom. The van der Waals surface area contributed by atoms with Crippen LogP contribution in [0.5, 0.6) is 0 Å². The van der Waals surface area contributed by atoms with Crippen LogP contribution in [0, 0.1) is 13.8 Å². The summed E-state index contributed by atoms with van der Waals surface area (Å²) in [5.41, 5.74) is 7.92. The van der Waals surface area contributed by atoms with E-state index in [2.05, 4.69) is 4.72 Å². The van der Waals surface area contributed by atoms with Crippen molar-refractivity contribution in [2.24, 2.45) is 0 Å². The van der Waals surface area contributed by atoms with Crippen molar-refractivity contribution in [3.63, 3.8) is 0 Å². The molecule has 112 valence electrons. The molecule has 2 aromatic carbocycles. The molecule has 0 aliphatic heterocycles. The summed E-state index contributed by atoms with van der Waals surface area (Å²) >= 11 is 12.0. The second kappa shape index (κ2) is 5.75. The minimum Gasteiger partial charge on any atom is -0.398 e. The van der Waals surface area contributed by atoms with Crippen LogP contribution in [0.15, 0.2) is 35.2 Å². The summed E-state index contributed by atoms with van der Waals surface area (Å²) in [6, 6.07) is 7.80. The van der Waals surface area contributed by atoms with E-state index in [0.717, 1.165) is 5.56 Å². The number of anilines is 2. The van der Waals surface area contributed by atoms with Gasteiger partial charge in [0.25, 0.3) is 10.0 Å². The van der Waals surface area contributed by atoms with Crippen molar-refractivity contribution in [3.8, 4) is 0 Å². The summed E-state index contributed by atoms with van der Waals surface area (Å²) < 4.78 is 27.2. The molecule has 0 unspecified atom stereocenters. The van der Waals surface area contributed by atoms with E-state index in [1.807, 2.05) is 6.92 Å². The first-order valence-electron chi connectivity index (χ1n) is 6.05. The number of nitrogens with one attached hydrogen (secondary N) is 1. The molecule has 0 heterocycles. The maximum absolute atomic E-state index is 12.4. The van der Waals surface area contributed by atoms with Crippen molar-refractivity contribution in [2.75, 3.05) is 10.5 Å². The molecule has 2 rings (SSSR count). The highest BCUT2D eigenvalue weighted by Crippen LogP contribution is 2.29. The lowest BCUT2D eigenvalue weighted by Gasteiger charge is -2.12. The summed E-state index contributed by atoms with van der Waals surface area (Å²) in [7, 11) is -3.81. The standard InChI is InChI=1S/C14H14Cl2N2O2S/c1-8-3-4-11(15)14(5-8)18-21(19,20)10-6-12(16)9(2)13(17)7-10/h3-7,18H,17H2,1-2H3. The summed E-state index contributed by atoms with van der Waals surface area (Å²) in [6.07, 6.45) is 0. The first-order valence-corrected chi connectivity index (χ1v) is 8.29. The number of halogens is 2. The van der Waals surface area contributed by atoms with Crippen LogP contribution in [0.4, 0.5) is 11.4 Å². The number of nitrogens with two attached hydrogens (primary N) is 1. The minimum atomic E-state index is -3.81. The van der Waals surface area contributed by atoms with E-state index in [1.54, 1.807) is 25.1 Å². The van der Waals surface area contributed by atoms with E-state index < -0.39 is 10.0 Å². The van der Waals surface area contributed by atoms with Gasteiger partial charge in [-0.3, -0.25) is 4.72 Å². The van der Waals surface area contributed by atoms with Gasteiger partial charge in [-0.25, -0.2) is 8.42 Å². The van der Waals surface area contributed by atoms with Gasteiger partial charge in [-0.1, -0.05) is 29.3 Å². The Kier molecular flexibility index (Phi) is 4.37. The van der Waals surface area contributed by atoms with Crippen LogP contribution in [0.1, 0.15) is 11.1 Å². The van der Waals surface area contributed by atoms with E-state index >= 15 is 0 Å². The molecule has 0 spiro atoms. The average molecular weight is 345 g/mol. The number of benzene rings is 2. The quantitative estimate of drug-likeness (QED) is 0.826. The molecule has 7 heteroatoms. The van der Waals surface area contributed by atoms with Crippen LogP contribution in [0.3, 0.4) is 0 Å². The molecule has 21 heavy (non-hydrogen) atoms. The molecule has 0 amide bonds. The SMILES string of the molecule is Cc1ccc(Cl)c(NS(=O)(=O)c2cc(N)c(C)c(Cl)c2)c1. The molecule has 2 aromatic rings. The fourth-order valence-electron chi connectivity index (χ4n) is 1.75. The second-order valence-corrected chi connectivity index (χ2v) is 7.20. The molecule has 0 aliphatic rings. The molecule has 0 radical (unpaired) electrons. The Morgan fingerprint density at radius 3 is 2.33 bits per heavy atom. The molecule has 0 fully saturated rings. The molecular formula is C14H14Cl2N2O2S. The number of hydrogen-bond donors (Lipinski definition) is 2. The Hall–Kier alpha value is -1.43. The molecule has 4 nitrogen and oxygen atoms in total. The third kappa shape index (κ3) is 3.43. The number of nitrogen functional groups attached to an aromatic ring is 1. The number of hydrogen-bond acceptors (Lipinski definition) is 3.